The molecular formula is C11H12F2O3. The van der Waals surface area contributed by atoms with Crippen molar-refractivity contribution in [1.29, 1.82) is 0 Å². The van der Waals surface area contributed by atoms with Crippen molar-refractivity contribution in [2.75, 3.05) is 6.61 Å². The standard InChI is InChI=1S/C11H12F2O3/c1-2-6-15-10(14)8-4-3-5-9(7-8)16-11(12)13/h3-5,7,11H,2,6H2,1H3. The molecule has 0 atom stereocenters. The first kappa shape index (κ1) is 12.4. The molecular weight excluding hydrogens is 218 g/mol. The second-order valence-corrected chi connectivity index (χ2v) is 3.04. The van der Waals surface area contributed by atoms with E-state index in [-0.39, 0.29) is 11.3 Å². The number of halogens is 2. The van der Waals surface area contributed by atoms with Crippen LogP contribution in [0, 0.1) is 0 Å². The molecule has 16 heavy (non-hydrogen) atoms. The highest BCUT2D eigenvalue weighted by Gasteiger charge is 2.09. The SMILES string of the molecule is CCCOC(=O)c1cccc(OC(F)F)c1. The molecule has 0 N–H and O–H groups in total. The van der Waals surface area contributed by atoms with Gasteiger partial charge in [-0.2, -0.15) is 8.78 Å². The van der Waals surface area contributed by atoms with Crippen LogP contribution in [-0.4, -0.2) is 19.2 Å². The van der Waals surface area contributed by atoms with E-state index in [1.165, 1.54) is 24.3 Å². The zero-order valence-electron chi connectivity index (χ0n) is 8.78. The van der Waals surface area contributed by atoms with Gasteiger partial charge in [0, 0.05) is 0 Å². The molecule has 1 rings (SSSR count). The minimum Gasteiger partial charge on any atom is -0.462 e. The van der Waals surface area contributed by atoms with Gasteiger partial charge in [0.1, 0.15) is 5.75 Å². The molecule has 0 aliphatic rings. The maximum Gasteiger partial charge on any atom is 0.387 e. The minimum absolute atomic E-state index is 0.0547. The van der Waals surface area contributed by atoms with E-state index in [9.17, 15) is 13.6 Å². The third-order valence-corrected chi connectivity index (χ3v) is 1.73. The van der Waals surface area contributed by atoms with Gasteiger partial charge in [-0.15, -0.1) is 0 Å². The van der Waals surface area contributed by atoms with Gasteiger partial charge in [0.2, 0.25) is 0 Å². The van der Waals surface area contributed by atoms with Gasteiger partial charge < -0.3 is 9.47 Å². The van der Waals surface area contributed by atoms with Gasteiger partial charge in [-0.25, -0.2) is 4.79 Å². The number of rotatable bonds is 5. The number of hydrogen-bond acceptors (Lipinski definition) is 3. The van der Waals surface area contributed by atoms with Crippen molar-refractivity contribution in [3.05, 3.63) is 29.8 Å². The summed E-state index contributed by atoms with van der Waals surface area (Å²) in [4.78, 5) is 11.4. The van der Waals surface area contributed by atoms with E-state index in [1.807, 2.05) is 6.92 Å². The average Bonchev–Trinajstić information content (AvgIpc) is 2.25. The Balaban J connectivity index is 2.69. The lowest BCUT2D eigenvalue weighted by molar-refractivity contribution is -0.0499. The van der Waals surface area contributed by atoms with Gasteiger partial charge in [0.25, 0.3) is 0 Å². The molecule has 0 saturated heterocycles. The van der Waals surface area contributed by atoms with Gasteiger partial charge in [0.05, 0.1) is 12.2 Å². The number of esters is 1. The average molecular weight is 230 g/mol. The summed E-state index contributed by atoms with van der Waals surface area (Å²) < 4.78 is 32.9. The van der Waals surface area contributed by atoms with Crippen molar-refractivity contribution in [3.8, 4) is 5.75 Å². The van der Waals surface area contributed by atoms with Crippen molar-refractivity contribution in [2.45, 2.75) is 20.0 Å². The number of alkyl halides is 2. The summed E-state index contributed by atoms with van der Waals surface area (Å²) in [6.45, 7) is -0.732. The molecule has 0 aliphatic heterocycles. The zero-order valence-corrected chi connectivity index (χ0v) is 8.78. The Hall–Kier alpha value is -1.65. The van der Waals surface area contributed by atoms with Gasteiger partial charge in [-0.05, 0) is 24.6 Å². The Morgan fingerprint density at radius 1 is 1.44 bits per heavy atom. The fourth-order valence-electron chi connectivity index (χ4n) is 1.08. The van der Waals surface area contributed by atoms with Crippen LogP contribution < -0.4 is 4.74 Å². The molecule has 0 saturated carbocycles. The Morgan fingerprint density at radius 2 is 2.19 bits per heavy atom. The zero-order chi connectivity index (χ0) is 12.0. The molecule has 0 amide bonds. The molecule has 0 bridgehead atoms. The molecule has 1 aromatic rings. The fourth-order valence-corrected chi connectivity index (χ4v) is 1.08. The predicted octanol–water partition coefficient (Wildman–Crippen LogP) is 2.85. The summed E-state index contributed by atoms with van der Waals surface area (Å²) in [5, 5.41) is 0. The Kier molecular flexibility index (Phi) is 4.69. The van der Waals surface area contributed by atoms with Gasteiger partial charge in [0.15, 0.2) is 0 Å². The highest BCUT2D eigenvalue weighted by molar-refractivity contribution is 5.89. The molecule has 0 aromatic heterocycles. The van der Waals surface area contributed by atoms with Gasteiger partial charge in [-0.3, -0.25) is 0 Å². The Labute approximate surface area is 92.0 Å². The maximum atomic E-state index is 11.9. The normalized spacial score (nSPS) is 10.2. The predicted molar refractivity (Wildman–Crippen MR) is 53.6 cm³/mol. The fraction of sp³-hybridized carbons (Fsp3) is 0.364. The number of ether oxygens (including phenoxy) is 2. The summed E-state index contributed by atoms with van der Waals surface area (Å²) in [6.07, 6.45) is 0.707. The van der Waals surface area contributed by atoms with E-state index in [0.29, 0.717) is 13.0 Å². The molecule has 0 heterocycles. The maximum absolute atomic E-state index is 11.9. The van der Waals surface area contributed by atoms with Crippen LogP contribution in [0.3, 0.4) is 0 Å². The van der Waals surface area contributed by atoms with E-state index in [0.717, 1.165) is 0 Å². The molecule has 5 heteroatoms. The molecule has 3 nitrogen and oxygen atoms in total. The van der Waals surface area contributed by atoms with E-state index in [2.05, 4.69) is 4.74 Å². The lowest BCUT2D eigenvalue weighted by Crippen LogP contribution is -2.07. The highest BCUT2D eigenvalue weighted by Crippen LogP contribution is 2.16. The van der Waals surface area contributed by atoms with Crippen LogP contribution in [0.25, 0.3) is 0 Å². The number of hydrogen-bond donors (Lipinski definition) is 0. The monoisotopic (exact) mass is 230 g/mol. The Morgan fingerprint density at radius 3 is 2.81 bits per heavy atom. The second kappa shape index (κ2) is 6.05. The van der Waals surface area contributed by atoms with Crippen LogP contribution in [0.1, 0.15) is 23.7 Å². The summed E-state index contributed by atoms with van der Waals surface area (Å²) in [5.41, 5.74) is 0.201. The van der Waals surface area contributed by atoms with Crippen LogP contribution >= 0.6 is 0 Å². The van der Waals surface area contributed by atoms with E-state index in [1.54, 1.807) is 0 Å². The van der Waals surface area contributed by atoms with Crippen LogP contribution in [0.4, 0.5) is 8.78 Å². The second-order valence-electron chi connectivity index (χ2n) is 3.04. The molecule has 0 fully saturated rings. The first-order chi connectivity index (χ1) is 7.63. The largest absolute Gasteiger partial charge is 0.462 e. The topological polar surface area (TPSA) is 35.5 Å². The molecule has 0 unspecified atom stereocenters. The molecule has 0 spiro atoms. The highest BCUT2D eigenvalue weighted by atomic mass is 19.3. The summed E-state index contributed by atoms with van der Waals surface area (Å²) in [5.74, 6) is -0.595. The summed E-state index contributed by atoms with van der Waals surface area (Å²) in [7, 11) is 0. The quantitative estimate of drug-likeness (QED) is 0.729. The van der Waals surface area contributed by atoms with Crippen LogP contribution in [0.15, 0.2) is 24.3 Å². The molecule has 0 aliphatic carbocycles. The third-order valence-electron chi connectivity index (χ3n) is 1.73. The summed E-state index contributed by atoms with van der Waals surface area (Å²) in [6, 6.07) is 5.52. The first-order valence-corrected chi connectivity index (χ1v) is 4.85. The number of benzene rings is 1. The van der Waals surface area contributed by atoms with Crippen molar-refractivity contribution in [3.63, 3.8) is 0 Å². The van der Waals surface area contributed by atoms with E-state index in [4.69, 9.17) is 4.74 Å². The van der Waals surface area contributed by atoms with Crippen LogP contribution in [0.2, 0.25) is 0 Å². The smallest absolute Gasteiger partial charge is 0.387 e. The van der Waals surface area contributed by atoms with Crippen molar-refractivity contribution in [2.24, 2.45) is 0 Å². The lowest BCUT2D eigenvalue weighted by Gasteiger charge is -2.06. The van der Waals surface area contributed by atoms with Crippen molar-refractivity contribution in [1.82, 2.24) is 0 Å². The van der Waals surface area contributed by atoms with Gasteiger partial charge in [-0.1, -0.05) is 13.0 Å². The molecule has 1 aromatic carbocycles. The Bertz CT molecular complexity index is 353. The molecule has 88 valence electrons. The van der Waals surface area contributed by atoms with Crippen LogP contribution in [0.5, 0.6) is 5.75 Å². The van der Waals surface area contributed by atoms with Crippen molar-refractivity contribution >= 4 is 5.97 Å². The van der Waals surface area contributed by atoms with Gasteiger partial charge >= 0.3 is 12.6 Å². The molecule has 0 radical (unpaired) electrons. The van der Waals surface area contributed by atoms with Crippen molar-refractivity contribution < 1.29 is 23.0 Å². The van der Waals surface area contributed by atoms with Crippen LogP contribution in [-0.2, 0) is 4.74 Å². The number of carbonyl (C=O) groups excluding carboxylic acids is 1. The van der Waals surface area contributed by atoms with E-state index >= 15 is 0 Å². The summed E-state index contributed by atoms with van der Waals surface area (Å²) >= 11 is 0. The first-order valence-electron chi connectivity index (χ1n) is 4.85. The van der Waals surface area contributed by atoms with E-state index < -0.39 is 12.6 Å². The minimum atomic E-state index is -2.90. The third kappa shape index (κ3) is 3.84. The number of carbonyl (C=O) groups is 1. The lowest BCUT2D eigenvalue weighted by atomic mass is 10.2.